The third-order valence-corrected chi connectivity index (χ3v) is 5.35. The minimum absolute atomic E-state index is 0. The van der Waals surface area contributed by atoms with E-state index in [1.165, 1.54) is 5.69 Å². The van der Waals surface area contributed by atoms with Crippen LogP contribution in [0.3, 0.4) is 0 Å². The minimum Gasteiger partial charge on any atom is -0.368 e. The second-order valence-corrected chi connectivity index (χ2v) is 7.53. The van der Waals surface area contributed by atoms with Gasteiger partial charge in [-0.25, -0.2) is 4.98 Å². The molecule has 0 aliphatic carbocycles. The maximum Gasteiger partial charge on any atom is 0.193 e. The van der Waals surface area contributed by atoms with Gasteiger partial charge in [0.2, 0.25) is 0 Å². The Balaban J connectivity index is 0.00000243. The standard InChI is InChI=1S/C18H24ClN5S.HI/c1-14-22-16(13-25-14)6-7-21-18(20-2)24-10-8-23(9-11-24)17-5-3-4-15(19)12-17;/h3-5,12-13H,6-11H2,1-2H3,(H,20,21);1H. The van der Waals surface area contributed by atoms with Gasteiger partial charge in [0.25, 0.3) is 0 Å². The molecule has 1 aliphatic heterocycles. The van der Waals surface area contributed by atoms with E-state index < -0.39 is 0 Å². The number of nitrogens with zero attached hydrogens (tertiary/aromatic N) is 4. The highest BCUT2D eigenvalue weighted by molar-refractivity contribution is 14.0. The molecule has 8 heteroatoms. The summed E-state index contributed by atoms with van der Waals surface area (Å²) >= 11 is 7.81. The Hall–Kier alpha value is -1.06. The molecular weight excluding hydrogens is 481 g/mol. The predicted octanol–water partition coefficient (Wildman–Crippen LogP) is 3.66. The Kier molecular flexibility index (Phi) is 8.43. The van der Waals surface area contributed by atoms with Crippen LogP contribution in [0.5, 0.6) is 0 Å². The van der Waals surface area contributed by atoms with Crippen LogP contribution in [0.15, 0.2) is 34.6 Å². The summed E-state index contributed by atoms with van der Waals surface area (Å²) < 4.78 is 0. The number of aliphatic imine (C=N–C) groups is 1. The molecule has 0 saturated carbocycles. The van der Waals surface area contributed by atoms with Gasteiger partial charge in [0, 0.05) is 62.3 Å². The zero-order valence-electron chi connectivity index (χ0n) is 15.1. The molecule has 0 amide bonds. The lowest BCUT2D eigenvalue weighted by molar-refractivity contribution is 0.373. The summed E-state index contributed by atoms with van der Waals surface area (Å²) in [7, 11) is 1.85. The molecule has 1 aromatic heterocycles. The topological polar surface area (TPSA) is 43.8 Å². The van der Waals surface area contributed by atoms with Gasteiger partial charge in [-0.15, -0.1) is 35.3 Å². The first kappa shape index (κ1) is 21.2. The predicted molar refractivity (Wildman–Crippen MR) is 123 cm³/mol. The van der Waals surface area contributed by atoms with E-state index in [1.54, 1.807) is 11.3 Å². The highest BCUT2D eigenvalue weighted by atomic mass is 127. The van der Waals surface area contributed by atoms with Crippen LogP contribution in [0, 0.1) is 6.92 Å². The number of rotatable bonds is 4. The van der Waals surface area contributed by atoms with Crippen molar-refractivity contribution in [3.05, 3.63) is 45.4 Å². The average Bonchev–Trinajstić information content (AvgIpc) is 3.04. The molecule has 1 fully saturated rings. The summed E-state index contributed by atoms with van der Waals surface area (Å²) in [6.45, 7) is 6.72. The molecular formula is C18H25ClIN5S. The van der Waals surface area contributed by atoms with Gasteiger partial charge < -0.3 is 15.1 Å². The third kappa shape index (κ3) is 5.72. The van der Waals surface area contributed by atoms with Crippen LogP contribution in [0.1, 0.15) is 10.7 Å². The second-order valence-electron chi connectivity index (χ2n) is 6.04. The summed E-state index contributed by atoms with van der Waals surface area (Å²) in [5.41, 5.74) is 2.34. The van der Waals surface area contributed by atoms with E-state index in [-0.39, 0.29) is 24.0 Å². The van der Waals surface area contributed by atoms with Crippen molar-refractivity contribution >= 4 is 58.6 Å². The molecule has 0 bridgehead atoms. The van der Waals surface area contributed by atoms with Crippen molar-refractivity contribution in [2.75, 3.05) is 44.7 Å². The first-order valence-corrected chi connectivity index (χ1v) is 9.78. The first-order chi connectivity index (χ1) is 12.2. The molecule has 2 aromatic rings. The third-order valence-electron chi connectivity index (χ3n) is 4.30. The van der Waals surface area contributed by atoms with Gasteiger partial charge in [0.15, 0.2) is 5.96 Å². The fourth-order valence-corrected chi connectivity index (χ4v) is 3.84. The molecule has 26 heavy (non-hydrogen) atoms. The largest absolute Gasteiger partial charge is 0.368 e. The molecule has 2 heterocycles. The van der Waals surface area contributed by atoms with Crippen molar-refractivity contribution in [2.24, 2.45) is 4.99 Å². The van der Waals surface area contributed by atoms with E-state index in [9.17, 15) is 0 Å². The Morgan fingerprint density at radius 1 is 1.31 bits per heavy atom. The Morgan fingerprint density at radius 3 is 2.69 bits per heavy atom. The number of aromatic nitrogens is 1. The fourth-order valence-electron chi connectivity index (χ4n) is 3.01. The normalized spacial score (nSPS) is 15.0. The lowest BCUT2D eigenvalue weighted by atomic mass is 10.2. The molecule has 1 aromatic carbocycles. The van der Waals surface area contributed by atoms with Crippen LogP contribution in [0.25, 0.3) is 0 Å². The van der Waals surface area contributed by atoms with Gasteiger partial charge in [-0.2, -0.15) is 0 Å². The molecule has 5 nitrogen and oxygen atoms in total. The first-order valence-electron chi connectivity index (χ1n) is 8.53. The van der Waals surface area contributed by atoms with Crippen molar-refractivity contribution in [3.63, 3.8) is 0 Å². The van der Waals surface area contributed by atoms with E-state index in [1.807, 2.05) is 32.2 Å². The Morgan fingerprint density at radius 2 is 2.08 bits per heavy atom. The SMILES string of the molecule is CN=C(NCCc1csc(C)n1)N1CCN(c2cccc(Cl)c2)CC1.I. The number of thiazole rings is 1. The van der Waals surface area contributed by atoms with Gasteiger partial charge in [0.05, 0.1) is 10.7 Å². The van der Waals surface area contributed by atoms with E-state index >= 15 is 0 Å². The van der Waals surface area contributed by atoms with Gasteiger partial charge in [-0.1, -0.05) is 17.7 Å². The number of nitrogens with one attached hydrogen (secondary N) is 1. The van der Waals surface area contributed by atoms with Crippen LogP contribution in [0.4, 0.5) is 5.69 Å². The zero-order valence-corrected chi connectivity index (χ0v) is 19.0. The van der Waals surface area contributed by atoms with Crippen molar-refractivity contribution in [3.8, 4) is 0 Å². The summed E-state index contributed by atoms with van der Waals surface area (Å²) in [4.78, 5) is 13.6. The molecule has 0 unspecified atom stereocenters. The number of halogens is 2. The van der Waals surface area contributed by atoms with E-state index in [4.69, 9.17) is 11.6 Å². The molecule has 1 aliphatic rings. The summed E-state index contributed by atoms with van der Waals surface area (Å²) in [5, 5.41) is 7.50. The lowest BCUT2D eigenvalue weighted by Gasteiger charge is -2.37. The molecule has 0 radical (unpaired) electrons. The number of benzene rings is 1. The molecule has 142 valence electrons. The Labute approximate surface area is 181 Å². The van der Waals surface area contributed by atoms with Crippen LogP contribution < -0.4 is 10.2 Å². The van der Waals surface area contributed by atoms with Crippen LogP contribution in [-0.2, 0) is 6.42 Å². The smallest absolute Gasteiger partial charge is 0.193 e. The minimum atomic E-state index is 0. The Bertz CT molecular complexity index is 728. The fraction of sp³-hybridized carbons (Fsp3) is 0.444. The summed E-state index contributed by atoms with van der Waals surface area (Å²) in [6, 6.07) is 8.06. The number of guanidine groups is 1. The highest BCUT2D eigenvalue weighted by Crippen LogP contribution is 2.20. The van der Waals surface area contributed by atoms with Gasteiger partial charge >= 0.3 is 0 Å². The van der Waals surface area contributed by atoms with E-state index in [0.29, 0.717) is 0 Å². The molecule has 0 atom stereocenters. The van der Waals surface area contributed by atoms with Crippen molar-refractivity contribution in [1.29, 1.82) is 0 Å². The number of hydrogen-bond acceptors (Lipinski definition) is 4. The number of hydrogen-bond donors (Lipinski definition) is 1. The van der Waals surface area contributed by atoms with Gasteiger partial charge in [-0.05, 0) is 25.1 Å². The monoisotopic (exact) mass is 505 g/mol. The number of piperazine rings is 1. The van der Waals surface area contributed by atoms with Crippen molar-refractivity contribution < 1.29 is 0 Å². The van der Waals surface area contributed by atoms with Crippen LogP contribution in [0.2, 0.25) is 5.02 Å². The number of anilines is 1. The van der Waals surface area contributed by atoms with E-state index in [2.05, 4.69) is 36.5 Å². The molecule has 3 rings (SSSR count). The van der Waals surface area contributed by atoms with Gasteiger partial charge in [-0.3, -0.25) is 4.99 Å². The maximum atomic E-state index is 6.10. The summed E-state index contributed by atoms with van der Waals surface area (Å²) in [5.74, 6) is 0.970. The summed E-state index contributed by atoms with van der Waals surface area (Å²) in [6.07, 6.45) is 0.922. The maximum absolute atomic E-state index is 6.10. The quantitative estimate of drug-likeness (QED) is 0.391. The van der Waals surface area contributed by atoms with Crippen molar-refractivity contribution in [1.82, 2.24) is 15.2 Å². The van der Waals surface area contributed by atoms with Crippen molar-refractivity contribution in [2.45, 2.75) is 13.3 Å². The molecule has 1 N–H and O–H groups in total. The highest BCUT2D eigenvalue weighted by Gasteiger charge is 2.19. The molecule has 1 saturated heterocycles. The van der Waals surface area contributed by atoms with Crippen LogP contribution >= 0.6 is 46.9 Å². The number of aryl methyl sites for hydroxylation is 1. The second kappa shape index (κ2) is 10.3. The van der Waals surface area contributed by atoms with Gasteiger partial charge in [0.1, 0.15) is 0 Å². The van der Waals surface area contributed by atoms with E-state index in [0.717, 1.165) is 60.8 Å². The van der Waals surface area contributed by atoms with Crippen LogP contribution in [-0.4, -0.2) is 55.6 Å². The molecule has 0 spiro atoms. The zero-order chi connectivity index (χ0) is 17.6. The lowest BCUT2D eigenvalue weighted by Crippen LogP contribution is -2.52. The average molecular weight is 506 g/mol.